The minimum Gasteiger partial charge on any atom is -0.392 e. The van der Waals surface area contributed by atoms with E-state index in [1.54, 1.807) is 0 Å². The summed E-state index contributed by atoms with van der Waals surface area (Å²) in [7, 11) is 0. The number of aliphatic hydroxyl groups excluding tert-OH is 2. The van der Waals surface area contributed by atoms with Gasteiger partial charge in [0, 0.05) is 6.42 Å². The van der Waals surface area contributed by atoms with E-state index >= 15 is 0 Å². The van der Waals surface area contributed by atoms with Crippen molar-refractivity contribution in [3.8, 4) is 0 Å². The first-order chi connectivity index (χ1) is 6.67. The van der Waals surface area contributed by atoms with Crippen LogP contribution in [0.4, 0.5) is 0 Å². The van der Waals surface area contributed by atoms with Crippen LogP contribution >= 0.6 is 0 Å². The van der Waals surface area contributed by atoms with Gasteiger partial charge >= 0.3 is 0 Å². The quantitative estimate of drug-likeness (QED) is 0.716. The third kappa shape index (κ3) is 4.12. The smallest absolute Gasteiger partial charge is 0.0615 e. The molecule has 0 radical (unpaired) electrons. The third-order valence-electron chi connectivity index (χ3n) is 4.07. The van der Waals surface area contributed by atoms with Crippen molar-refractivity contribution >= 4 is 0 Å². The molecule has 0 aromatic rings. The maximum atomic E-state index is 10.0. The maximum Gasteiger partial charge on any atom is 0.0615 e. The van der Waals surface area contributed by atoms with E-state index in [0.717, 1.165) is 12.8 Å². The zero-order valence-electron chi connectivity index (χ0n) is 11.2. The van der Waals surface area contributed by atoms with E-state index in [0.29, 0.717) is 6.42 Å². The molecule has 2 unspecified atom stereocenters. The van der Waals surface area contributed by atoms with Crippen LogP contribution in [-0.4, -0.2) is 22.4 Å². The van der Waals surface area contributed by atoms with Crippen molar-refractivity contribution < 1.29 is 10.2 Å². The Bertz CT molecular complexity index is 165. The van der Waals surface area contributed by atoms with Gasteiger partial charge in [0.15, 0.2) is 0 Å². The summed E-state index contributed by atoms with van der Waals surface area (Å²) in [5, 5.41) is 20.1. The molecule has 0 aromatic heterocycles. The molecule has 2 heteroatoms. The largest absolute Gasteiger partial charge is 0.392 e. The van der Waals surface area contributed by atoms with Crippen LogP contribution in [0.5, 0.6) is 0 Å². The lowest BCUT2D eigenvalue weighted by molar-refractivity contribution is -0.0367. The molecule has 2 atom stereocenters. The van der Waals surface area contributed by atoms with Gasteiger partial charge in [0.25, 0.3) is 0 Å². The van der Waals surface area contributed by atoms with Crippen molar-refractivity contribution in [1.29, 1.82) is 0 Å². The van der Waals surface area contributed by atoms with E-state index in [9.17, 15) is 10.2 Å². The van der Waals surface area contributed by atoms with Crippen LogP contribution in [0.25, 0.3) is 0 Å². The Hall–Kier alpha value is -0.0800. The van der Waals surface area contributed by atoms with Gasteiger partial charge in [-0.1, -0.05) is 41.5 Å². The third-order valence-corrected chi connectivity index (χ3v) is 4.07. The lowest BCUT2D eigenvalue weighted by atomic mass is 9.75. The first-order valence-corrected chi connectivity index (χ1v) is 6.03. The van der Waals surface area contributed by atoms with E-state index in [2.05, 4.69) is 13.8 Å². The lowest BCUT2D eigenvalue weighted by Crippen LogP contribution is -2.38. The van der Waals surface area contributed by atoms with Crippen molar-refractivity contribution in [1.82, 2.24) is 0 Å². The van der Waals surface area contributed by atoms with Crippen LogP contribution in [0.3, 0.4) is 0 Å². The standard InChI is InChI=1S/C13H28O2/c1-7-12(3,4)10(14)9-11(15)13(5,6)8-2/h10-11,14-15H,7-9H2,1-6H3. The molecular weight excluding hydrogens is 188 g/mol. The van der Waals surface area contributed by atoms with Gasteiger partial charge in [-0.25, -0.2) is 0 Å². The van der Waals surface area contributed by atoms with Crippen LogP contribution in [0, 0.1) is 10.8 Å². The Labute approximate surface area is 94.7 Å². The van der Waals surface area contributed by atoms with Gasteiger partial charge in [-0.3, -0.25) is 0 Å². The summed E-state index contributed by atoms with van der Waals surface area (Å²) in [5.41, 5.74) is -0.213. The number of rotatable bonds is 6. The first kappa shape index (κ1) is 14.9. The summed E-state index contributed by atoms with van der Waals surface area (Å²) in [4.78, 5) is 0. The summed E-state index contributed by atoms with van der Waals surface area (Å²) < 4.78 is 0. The van der Waals surface area contributed by atoms with Gasteiger partial charge in [0.2, 0.25) is 0 Å². The lowest BCUT2D eigenvalue weighted by Gasteiger charge is -2.36. The molecule has 0 saturated heterocycles. The molecule has 2 N–H and O–H groups in total. The van der Waals surface area contributed by atoms with E-state index in [1.165, 1.54) is 0 Å². The minimum atomic E-state index is -0.427. The van der Waals surface area contributed by atoms with Crippen molar-refractivity contribution in [2.24, 2.45) is 10.8 Å². The molecule has 0 heterocycles. The SMILES string of the molecule is CCC(C)(C)C(O)CC(O)C(C)(C)CC. The molecule has 0 aliphatic carbocycles. The molecular formula is C13H28O2. The predicted molar refractivity (Wildman–Crippen MR) is 64.8 cm³/mol. The normalized spacial score (nSPS) is 17.6. The summed E-state index contributed by atoms with van der Waals surface area (Å²) in [6, 6.07) is 0. The molecule has 92 valence electrons. The number of aliphatic hydroxyl groups is 2. The highest BCUT2D eigenvalue weighted by atomic mass is 16.3. The minimum absolute atomic E-state index is 0.106. The summed E-state index contributed by atoms with van der Waals surface area (Å²) in [6.07, 6.45) is 1.47. The van der Waals surface area contributed by atoms with Gasteiger partial charge in [-0.2, -0.15) is 0 Å². The second-order valence-electron chi connectivity index (χ2n) is 5.95. The second kappa shape index (κ2) is 5.31. The van der Waals surface area contributed by atoms with E-state index in [1.807, 2.05) is 27.7 Å². The molecule has 0 rings (SSSR count). The number of hydrogen-bond acceptors (Lipinski definition) is 2. The monoisotopic (exact) mass is 216 g/mol. The van der Waals surface area contributed by atoms with Crippen LogP contribution in [0.2, 0.25) is 0 Å². The highest BCUT2D eigenvalue weighted by Gasteiger charge is 2.33. The molecule has 2 nitrogen and oxygen atoms in total. The van der Waals surface area contributed by atoms with Crippen LogP contribution in [-0.2, 0) is 0 Å². The van der Waals surface area contributed by atoms with Gasteiger partial charge in [-0.15, -0.1) is 0 Å². The van der Waals surface area contributed by atoms with Gasteiger partial charge in [0.1, 0.15) is 0 Å². The topological polar surface area (TPSA) is 40.5 Å². The van der Waals surface area contributed by atoms with Crippen LogP contribution in [0.15, 0.2) is 0 Å². The predicted octanol–water partition coefficient (Wildman–Crippen LogP) is 2.97. The molecule has 0 spiro atoms. The zero-order chi connectivity index (χ0) is 12.3. The fourth-order valence-electron chi connectivity index (χ4n) is 1.32. The molecule has 15 heavy (non-hydrogen) atoms. The highest BCUT2D eigenvalue weighted by Crippen LogP contribution is 2.33. The zero-order valence-corrected chi connectivity index (χ0v) is 11.2. The molecule has 0 amide bonds. The van der Waals surface area contributed by atoms with Gasteiger partial charge in [-0.05, 0) is 23.7 Å². The van der Waals surface area contributed by atoms with Crippen molar-refractivity contribution in [3.63, 3.8) is 0 Å². The maximum absolute atomic E-state index is 10.0. The Balaban J connectivity index is 4.36. The van der Waals surface area contributed by atoms with Crippen molar-refractivity contribution in [3.05, 3.63) is 0 Å². The Morgan fingerprint density at radius 1 is 0.800 bits per heavy atom. The first-order valence-electron chi connectivity index (χ1n) is 6.03. The molecule has 0 bridgehead atoms. The van der Waals surface area contributed by atoms with Crippen molar-refractivity contribution in [2.45, 2.75) is 73.0 Å². The van der Waals surface area contributed by atoms with E-state index in [4.69, 9.17) is 0 Å². The molecule has 0 aliphatic heterocycles. The second-order valence-corrected chi connectivity index (χ2v) is 5.95. The van der Waals surface area contributed by atoms with Gasteiger partial charge in [0.05, 0.1) is 12.2 Å². The van der Waals surface area contributed by atoms with Crippen molar-refractivity contribution in [2.75, 3.05) is 0 Å². The van der Waals surface area contributed by atoms with E-state index < -0.39 is 12.2 Å². The van der Waals surface area contributed by atoms with Crippen LogP contribution in [0.1, 0.15) is 60.8 Å². The summed E-state index contributed by atoms with van der Waals surface area (Å²) >= 11 is 0. The molecule has 0 aromatic carbocycles. The Kier molecular flexibility index (Phi) is 5.28. The highest BCUT2D eigenvalue weighted by molar-refractivity contribution is 4.84. The fraction of sp³-hybridized carbons (Fsp3) is 1.00. The molecule has 0 aliphatic rings. The summed E-state index contributed by atoms with van der Waals surface area (Å²) in [6.45, 7) is 12.3. The molecule has 0 saturated carbocycles. The number of hydrogen-bond donors (Lipinski definition) is 2. The Morgan fingerprint density at radius 3 is 1.27 bits per heavy atom. The van der Waals surface area contributed by atoms with Crippen LogP contribution < -0.4 is 0 Å². The molecule has 0 fully saturated rings. The average molecular weight is 216 g/mol. The summed E-state index contributed by atoms with van der Waals surface area (Å²) in [5.74, 6) is 0. The average Bonchev–Trinajstić information content (AvgIpc) is 2.17. The van der Waals surface area contributed by atoms with Gasteiger partial charge < -0.3 is 10.2 Å². The Morgan fingerprint density at radius 2 is 1.07 bits per heavy atom. The fourth-order valence-corrected chi connectivity index (χ4v) is 1.32. The van der Waals surface area contributed by atoms with E-state index in [-0.39, 0.29) is 10.8 Å².